The van der Waals surface area contributed by atoms with E-state index in [1.165, 1.54) is 4.90 Å². The molecule has 0 aliphatic carbocycles. The van der Waals surface area contributed by atoms with Crippen LogP contribution in [-0.2, 0) is 9.59 Å². The molecule has 1 aliphatic heterocycles. The van der Waals surface area contributed by atoms with Gasteiger partial charge in [-0.2, -0.15) is 0 Å². The van der Waals surface area contributed by atoms with E-state index in [9.17, 15) is 14.4 Å². The highest BCUT2D eigenvalue weighted by Gasteiger charge is 2.32. The largest absolute Gasteiger partial charge is 0.474 e. The van der Waals surface area contributed by atoms with Crippen LogP contribution in [0.15, 0.2) is 30.3 Å². The highest BCUT2D eigenvalue weighted by atomic mass is 16.4. The van der Waals surface area contributed by atoms with Gasteiger partial charge in [-0.3, -0.25) is 9.59 Å². The highest BCUT2D eigenvalue weighted by molar-refractivity contribution is 6.31. The van der Waals surface area contributed by atoms with Crippen LogP contribution in [0.5, 0.6) is 0 Å². The molecule has 1 saturated heterocycles. The number of amides is 2. The molecule has 0 bridgehead atoms. The Hall–Kier alpha value is -2.37. The number of hydrogen-bond acceptors (Lipinski definition) is 3. The Morgan fingerprint density at radius 1 is 1.15 bits per heavy atom. The first-order valence-electron chi connectivity index (χ1n) is 6.39. The van der Waals surface area contributed by atoms with E-state index in [4.69, 9.17) is 5.11 Å². The maximum absolute atomic E-state index is 12.3. The lowest BCUT2D eigenvalue weighted by atomic mass is 10.1. The molecule has 1 atom stereocenters. The summed E-state index contributed by atoms with van der Waals surface area (Å²) in [6.07, 6.45) is 0. The Bertz CT molecular complexity index is 529. The van der Waals surface area contributed by atoms with Crippen LogP contribution in [-0.4, -0.2) is 58.4 Å². The van der Waals surface area contributed by atoms with Gasteiger partial charge in [0.05, 0.1) is 0 Å². The first-order chi connectivity index (χ1) is 9.50. The SMILES string of the molecule is C[C@@H]1CN(C(=O)c2ccccc2)CCN1C(=O)C(=O)O. The van der Waals surface area contributed by atoms with Crippen molar-refractivity contribution in [2.75, 3.05) is 19.6 Å². The van der Waals surface area contributed by atoms with Crippen molar-refractivity contribution in [2.24, 2.45) is 0 Å². The summed E-state index contributed by atoms with van der Waals surface area (Å²) in [6.45, 7) is 2.67. The third-order valence-electron chi connectivity index (χ3n) is 3.38. The van der Waals surface area contributed by atoms with Gasteiger partial charge in [-0.1, -0.05) is 18.2 Å². The molecule has 6 nitrogen and oxygen atoms in total. The minimum atomic E-state index is -1.46. The van der Waals surface area contributed by atoms with Gasteiger partial charge in [0.25, 0.3) is 5.91 Å². The van der Waals surface area contributed by atoms with Gasteiger partial charge in [0, 0.05) is 31.2 Å². The zero-order valence-electron chi connectivity index (χ0n) is 11.2. The first-order valence-corrected chi connectivity index (χ1v) is 6.39. The molecule has 0 unspecified atom stereocenters. The van der Waals surface area contributed by atoms with Crippen LogP contribution >= 0.6 is 0 Å². The summed E-state index contributed by atoms with van der Waals surface area (Å²) >= 11 is 0. The minimum Gasteiger partial charge on any atom is -0.474 e. The molecular formula is C14H16N2O4. The fourth-order valence-electron chi connectivity index (χ4n) is 2.33. The van der Waals surface area contributed by atoms with Gasteiger partial charge in [0.15, 0.2) is 0 Å². The number of rotatable bonds is 1. The summed E-state index contributed by atoms with van der Waals surface area (Å²) in [4.78, 5) is 37.4. The average molecular weight is 276 g/mol. The van der Waals surface area contributed by atoms with Crippen LogP contribution in [0.1, 0.15) is 17.3 Å². The van der Waals surface area contributed by atoms with Crippen LogP contribution in [0, 0.1) is 0 Å². The third kappa shape index (κ3) is 2.79. The summed E-state index contributed by atoms with van der Waals surface area (Å²) in [7, 11) is 0. The molecule has 1 aromatic rings. The summed E-state index contributed by atoms with van der Waals surface area (Å²) in [5.41, 5.74) is 0.595. The van der Waals surface area contributed by atoms with Gasteiger partial charge in [-0.05, 0) is 19.1 Å². The number of carbonyl (C=O) groups is 3. The number of aliphatic carboxylic acids is 1. The van der Waals surface area contributed by atoms with E-state index in [2.05, 4.69) is 0 Å². The Morgan fingerprint density at radius 2 is 1.80 bits per heavy atom. The van der Waals surface area contributed by atoms with Crippen LogP contribution in [0.25, 0.3) is 0 Å². The molecule has 0 aromatic heterocycles. The lowest BCUT2D eigenvalue weighted by molar-refractivity contribution is -0.158. The Balaban J connectivity index is 2.04. The molecule has 1 aromatic carbocycles. The smallest absolute Gasteiger partial charge is 0.394 e. The van der Waals surface area contributed by atoms with E-state index < -0.39 is 11.9 Å². The van der Waals surface area contributed by atoms with Gasteiger partial charge in [0.1, 0.15) is 0 Å². The van der Waals surface area contributed by atoms with Crippen molar-refractivity contribution < 1.29 is 19.5 Å². The van der Waals surface area contributed by atoms with E-state index in [1.807, 2.05) is 6.07 Å². The zero-order valence-corrected chi connectivity index (χ0v) is 11.2. The van der Waals surface area contributed by atoms with Crippen LogP contribution in [0.3, 0.4) is 0 Å². The monoisotopic (exact) mass is 276 g/mol. The Kier molecular flexibility index (Phi) is 4.02. The van der Waals surface area contributed by atoms with Gasteiger partial charge in [-0.15, -0.1) is 0 Å². The Morgan fingerprint density at radius 3 is 2.35 bits per heavy atom. The number of piperazine rings is 1. The van der Waals surface area contributed by atoms with Crippen LogP contribution in [0.2, 0.25) is 0 Å². The second kappa shape index (κ2) is 5.73. The molecule has 0 spiro atoms. The van der Waals surface area contributed by atoms with Crippen LogP contribution < -0.4 is 0 Å². The van der Waals surface area contributed by atoms with Crippen molar-refractivity contribution in [3.63, 3.8) is 0 Å². The van der Waals surface area contributed by atoms with Crippen LogP contribution in [0.4, 0.5) is 0 Å². The van der Waals surface area contributed by atoms with Gasteiger partial charge < -0.3 is 14.9 Å². The maximum Gasteiger partial charge on any atom is 0.394 e. The quantitative estimate of drug-likeness (QED) is 0.755. The molecule has 20 heavy (non-hydrogen) atoms. The highest BCUT2D eigenvalue weighted by Crippen LogP contribution is 2.13. The molecule has 2 amide bonds. The van der Waals surface area contributed by atoms with E-state index in [1.54, 1.807) is 36.1 Å². The fourth-order valence-corrected chi connectivity index (χ4v) is 2.33. The summed E-state index contributed by atoms with van der Waals surface area (Å²) in [6, 6.07) is 8.59. The van der Waals surface area contributed by atoms with Crippen molar-refractivity contribution in [2.45, 2.75) is 13.0 Å². The lowest BCUT2D eigenvalue weighted by Crippen LogP contribution is -2.56. The number of hydrogen-bond donors (Lipinski definition) is 1. The molecule has 6 heteroatoms. The molecular weight excluding hydrogens is 260 g/mol. The molecule has 1 aliphatic rings. The molecule has 2 rings (SSSR count). The molecule has 0 radical (unpaired) electrons. The van der Waals surface area contributed by atoms with E-state index >= 15 is 0 Å². The van der Waals surface area contributed by atoms with Crippen molar-refractivity contribution in [1.82, 2.24) is 9.80 Å². The predicted octanol–water partition coefficient (Wildman–Crippen LogP) is 0.444. The predicted molar refractivity (Wildman–Crippen MR) is 71.2 cm³/mol. The number of nitrogens with zero attached hydrogens (tertiary/aromatic N) is 2. The fraction of sp³-hybridized carbons (Fsp3) is 0.357. The van der Waals surface area contributed by atoms with Gasteiger partial charge in [-0.25, -0.2) is 4.79 Å². The second-order valence-electron chi connectivity index (χ2n) is 4.77. The lowest BCUT2D eigenvalue weighted by Gasteiger charge is -2.39. The molecule has 0 saturated carbocycles. The number of benzene rings is 1. The number of carboxylic acids is 1. The summed E-state index contributed by atoms with van der Waals surface area (Å²) < 4.78 is 0. The van der Waals surface area contributed by atoms with E-state index in [0.717, 1.165) is 0 Å². The average Bonchev–Trinajstić information content (AvgIpc) is 2.46. The van der Waals surface area contributed by atoms with Crippen molar-refractivity contribution in [3.05, 3.63) is 35.9 Å². The second-order valence-corrected chi connectivity index (χ2v) is 4.77. The maximum atomic E-state index is 12.3. The van der Waals surface area contributed by atoms with Crippen molar-refractivity contribution in [1.29, 1.82) is 0 Å². The molecule has 1 fully saturated rings. The Labute approximate surface area is 116 Å². The molecule has 106 valence electrons. The molecule has 1 N–H and O–H groups in total. The third-order valence-corrected chi connectivity index (χ3v) is 3.38. The van der Waals surface area contributed by atoms with Gasteiger partial charge >= 0.3 is 11.9 Å². The summed E-state index contributed by atoms with van der Waals surface area (Å²) in [5, 5.41) is 8.73. The molecule has 1 heterocycles. The standard InChI is InChI=1S/C14H16N2O4/c1-10-9-15(7-8-16(10)13(18)14(19)20)12(17)11-5-3-2-4-6-11/h2-6,10H,7-9H2,1H3,(H,19,20)/t10-/m1/s1. The van der Waals surface area contributed by atoms with Crippen molar-refractivity contribution >= 4 is 17.8 Å². The summed E-state index contributed by atoms with van der Waals surface area (Å²) in [5.74, 6) is -2.47. The van der Waals surface area contributed by atoms with E-state index in [0.29, 0.717) is 18.7 Å². The minimum absolute atomic E-state index is 0.0973. The normalized spacial score (nSPS) is 18.8. The van der Waals surface area contributed by atoms with E-state index in [-0.39, 0.29) is 18.5 Å². The zero-order chi connectivity index (χ0) is 14.7. The number of carboxylic acid groups (broad SMARTS) is 1. The van der Waals surface area contributed by atoms with Gasteiger partial charge in [0.2, 0.25) is 0 Å². The topological polar surface area (TPSA) is 77.9 Å². The number of carbonyl (C=O) groups excluding carboxylic acids is 2. The van der Waals surface area contributed by atoms with Crippen molar-refractivity contribution in [3.8, 4) is 0 Å². The first kappa shape index (κ1) is 14.0.